The zero-order chi connectivity index (χ0) is 13.8. The largest absolute Gasteiger partial charge is 0.478 e. The molecule has 0 aliphatic rings. The van der Waals surface area contributed by atoms with Crippen LogP contribution in [0.15, 0.2) is 24.7 Å². The number of rotatable bonds is 5. The Kier molecular flexibility index (Phi) is 4.01. The van der Waals surface area contributed by atoms with Crippen molar-refractivity contribution in [1.82, 2.24) is 14.8 Å². The molecule has 0 amide bonds. The van der Waals surface area contributed by atoms with E-state index >= 15 is 0 Å². The Hall–Kier alpha value is -2.08. The molecule has 0 radical (unpaired) electrons. The van der Waals surface area contributed by atoms with Crippen molar-refractivity contribution in [2.75, 3.05) is 11.9 Å². The highest BCUT2D eigenvalue weighted by Crippen LogP contribution is 2.17. The predicted molar refractivity (Wildman–Crippen MR) is 71.6 cm³/mol. The molecular formula is C12H13ClN4O2. The molecule has 2 N–H and O–H groups in total. The number of pyridine rings is 1. The minimum atomic E-state index is -1.07. The Balaban J connectivity index is 1.96. The molecule has 0 atom stereocenters. The van der Waals surface area contributed by atoms with Gasteiger partial charge in [-0.2, -0.15) is 5.10 Å². The smallest absolute Gasteiger partial charge is 0.337 e. The van der Waals surface area contributed by atoms with Crippen LogP contribution in [-0.2, 0) is 13.5 Å². The molecule has 0 unspecified atom stereocenters. The first kappa shape index (κ1) is 13.4. The number of nitrogens with one attached hydrogen (secondary N) is 1. The highest BCUT2D eigenvalue weighted by molar-refractivity contribution is 6.33. The van der Waals surface area contributed by atoms with Gasteiger partial charge in [-0.25, -0.2) is 9.78 Å². The summed E-state index contributed by atoms with van der Waals surface area (Å²) in [7, 11) is 1.86. The minimum absolute atomic E-state index is 0.0422. The van der Waals surface area contributed by atoms with Crippen LogP contribution in [0.2, 0.25) is 5.02 Å². The van der Waals surface area contributed by atoms with Crippen LogP contribution in [0.1, 0.15) is 15.9 Å². The zero-order valence-corrected chi connectivity index (χ0v) is 11.1. The fraction of sp³-hybridized carbons (Fsp3) is 0.250. The van der Waals surface area contributed by atoms with Crippen molar-refractivity contribution in [1.29, 1.82) is 0 Å². The van der Waals surface area contributed by atoms with Crippen LogP contribution < -0.4 is 5.32 Å². The predicted octanol–water partition coefficient (Wildman–Crippen LogP) is 1.82. The fourth-order valence-corrected chi connectivity index (χ4v) is 1.82. The molecule has 2 rings (SSSR count). The number of aryl methyl sites for hydroxylation is 1. The lowest BCUT2D eigenvalue weighted by Gasteiger charge is -2.06. The van der Waals surface area contributed by atoms with Crippen LogP contribution >= 0.6 is 11.6 Å². The second-order valence-corrected chi connectivity index (χ2v) is 4.46. The van der Waals surface area contributed by atoms with Crippen LogP contribution in [0.5, 0.6) is 0 Å². The summed E-state index contributed by atoms with van der Waals surface area (Å²) in [6, 6.07) is 1.42. The van der Waals surface area contributed by atoms with Gasteiger partial charge in [-0.05, 0) is 18.1 Å². The summed E-state index contributed by atoms with van der Waals surface area (Å²) in [5, 5.41) is 16.2. The Morgan fingerprint density at radius 1 is 1.53 bits per heavy atom. The molecular weight excluding hydrogens is 268 g/mol. The lowest BCUT2D eigenvalue weighted by molar-refractivity contribution is 0.0697. The van der Waals surface area contributed by atoms with E-state index in [1.165, 1.54) is 12.3 Å². The van der Waals surface area contributed by atoms with Crippen molar-refractivity contribution in [2.45, 2.75) is 6.42 Å². The minimum Gasteiger partial charge on any atom is -0.478 e. The molecule has 0 fully saturated rings. The monoisotopic (exact) mass is 280 g/mol. The van der Waals surface area contributed by atoms with E-state index in [0.29, 0.717) is 12.4 Å². The summed E-state index contributed by atoms with van der Waals surface area (Å²) >= 11 is 5.74. The van der Waals surface area contributed by atoms with Gasteiger partial charge < -0.3 is 10.4 Å². The molecule has 19 heavy (non-hydrogen) atoms. The summed E-state index contributed by atoms with van der Waals surface area (Å²) in [5.74, 6) is -0.576. The second kappa shape index (κ2) is 5.71. The van der Waals surface area contributed by atoms with Crippen molar-refractivity contribution < 1.29 is 9.90 Å². The molecule has 0 aromatic carbocycles. The van der Waals surface area contributed by atoms with Gasteiger partial charge in [0, 0.05) is 26.0 Å². The van der Waals surface area contributed by atoms with E-state index in [1.54, 1.807) is 10.9 Å². The number of halogens is 1. The molecule has 2 aromatic rings. The Morgan fingerprint density at radius 2 is 2.32 bits per heavy atom. The Morgan fingerprint density at radius 3 is 2.95 bits per heavy atom. The molecule has 100 valence electrons. The number of carbonyl (C=O) groups is 1. The number of carboxylic acids is 1. The van der Waals surface area contributed by atoms with Gasteiger partial charge in [0.2, 0.25) is 0 Å². The van der Waals surface area contributed by atoms with Crippen LogP contribution in [0, 0.1) is 0 Å². The van der Waals surface area contributed by atoms with Gasteiger partial charge in [0.25, 0.3) is 0 Å². The van der Waals surface area contributed by atoms with Crippen LogP contribution in [-0.4, -0.2) is 32.4 Å². The van der Waals surface area contributed by atoms with Gasteiger partial charge >= 0.3 is 5.97 Å². The molecule has 0 spiro atoms. The highest BCUT2D eigenvalue weighted by Gasteiger charge is 2.10. The van der Waals surface area contributed by atoms with Crippen molar-refractivity contribution in [3.05, 3.63) is 40.8 Å². The van der Waals surface area contributed by atoms with Gasteiger partial charge in [-0.3, -0.25) is 4.68 Å². The van der Waals surface area contributed by atoms with Crippen molar-refractivity contribution >= 4 is 23.4 Å². The van der Waals surface area contributed by atoms with Crippen molar-refractivity contribution in [2.24, 2.45) is 7.05 Å². The summed E-state index contributed by atoms with van der Waals surface area (Å²) < 4.78 is 1.73. The van der Waals surface area contributed by atoms with E-state index in [0.717, 1.165) is 12.0 Å². The lowest BCUT2D eigenvalue weighted by atomic mass is 10.2. The zero-order valence-electron chi connectivity index (χ0n) is 10.3. The number of carboxylic acid groups (broad SMARTS) is 1. The molecule has 2 heterocycles. The maximum atomic E-state index is 10.9. The SMILES string of the molecule is Cn1cc(CCNc2cc(C(=O)O)c(Cl)cn2)cn1. The van der Waals surface area contributed by atoms with E-state index < -0.39 is 5.97 Å². The topological polar surface area (TPSA) is 80.0 Å². The Labute approximate surface area is 115 Å². The molecule has 0 bridgehead atoms. The van der Waals surface area contributed by atoms with Crippen LogP contribution in [0.3, 0.4) is 0 Å². The maximum absolute atomic E-state index is 10.9. The van der Waals surface area contributed by atoms with E-state index in [9.17, 15) is 4.79 Å². The highest BCUT2D eigenvalue weighted by atomic mass is 35.5. The number of nitrogens with zero attached hydrogens (tertiary/aromatic N) is 3. The number of anilines is 1. The fourth-order valence-electron chi connectivity index (χ4n) is 1.64. The van der Waals surface area contributed by atoms with Gasteiger partial charge in [0.15, 0.2) is 0 Å². The lowest BCUT2D eigenvalue weighted by Crippen LogP contribution is -2.07. The van der Waals surface area contributed by atoms with E-state index in [1.807, 2.05) is 13.2 Å². The third-order valence-electron chi connectivity index (χ3n) is 2.56. The molecule has 2 aromatic heterocycles. The molecule has 6 nitrogen and oxygen atoms in total. The first-order valence-corrected chi connectivity index (χ1v) is 6.04. The van der Waals surface area contributed by atoms with Gasteiger partial charge in [-0.15, -0.1) is 0 Å². The second-order valence-electron chi connectivity index (χ2n) is 4.05. The molecule has 0 saturated carbocycles. The normalized spacial score (nSPS) is 10.4. The van der Waals surface area contributed by atoms with Crippen molar-refractivity contribution in [3.63, 3.8) is 0 Å². The first-order valence-electron chi connectivity index (χ1n) is 5.66. The van der Waals surface area contributed by atoms with E-state index in [-0.39, 0.29) is 10.6 Å². The van der Waals surface area contributed by atoms with Gasteiger partial charge in [-0.1, -0.05) is 11.6 Å². The van der Waals surface area contributed by atoms with Crippen molar-refractivity contribution in [3.8, 4) is 0 Å². The standard InChI is InChI=1S/C12H13ClN4O2/c1-17-7-8(5-16-17)2-3-14-11-4-9(12(18)19)10(13)6-15-11/h4-7H,2-3H2,1H3,(H,14,15)(H,18,19). The van der Waals surface area contributed by atoms with Gasteiger partial charge in [0.1, 0.15) is 5.82 Å². The number of hydrogen-bond acceptors (Lipinski definition) is 4. The Bertz CT molecular complexity index is 597. The summed E-state index contributed by atoms with van der Waals surface area (Å²) in [6.45, 7) is 0.638. The average Bonchev–Trinajstić information content (AvgIpc) is 2.77. The molecule has 0 aliphatic heterocycles. The molecule has 7 heteroatoms. The van der Waals surface area contributed by atoms with E-state index in [2.05, 4.69) is 15.4 Å². The summed E-state index contributed by atoms with van der Waals surface area (Å²) in [5.41, 5.74) is 1.14. The van der Waals surface area contributed by atoms with Crippen LogP contribution in [0.25, 0.3) is 0 Å². The maximum Gasteiger partial charge on any atom is 0.337 e. The third kappa shape index (κ3) is 3.45. The number of aromatic nitrogens is 3. The number of aromatic carboxylic acids is 1. The average molecular weight is 281 g/mol. The third-order valence-corrected chi connectivity index (χ3v) is 2.87. The summed E-state index contributed by atoms with van der Waals surface area (Å²) in [4.78, 5) is 15.0. The number of hydrogen-bond donors (Lipinski definition) is 2. The molecule has 0 saturated heterocycles. The summed E-state index contributed by atoms with van der Waals surface area (Å²) in [6.07, 6.45) is 5.83. The first-order chi connectivity index (χ1) is 9.06. The van der Waals surface area contributed by atoms with Crippen LogP contribution in [0.4, 0.5) is 5.82 Å². The quantitative estimate of drug-likeness (QED) is 0.873. The van der Waals surface area contributed by atoms with Gasteiger partial charge in [0.05, 0.1) is 16.8 Å². The molecule has 0 aliphatic carbocycles. The van der Waals surface area contributed by atoms with E-state index in [4.69, 9.17) is 16.7 Å².